The highest BCUT2D eigenvalue weighted by Gasteiger charge is 2.52. The molecule has 1 aliphatic carbocycles. The minimum atomic E-state index is -0.232. The number of ether oxygens (including phenoxy) is 2. The van der Waals surface area contributed by atoms with E-state index in [4.69, 9.17) is 9.47 Å². The molecular formula is C9H14O3. The van der Waals surface area contributed by atoms with Gasteiger partial charge in [0.25, 0.3) is 0 Å². The van der Waals surface area contributed by atoms with Gasteiger partial charge < -0.3 is 14.6 Å². The van der Waals surface area contributed by atoms with Crippen molar-refractivity contribution in [2.45, 2.75) is 43.7 Å². The average molecular weight is 170 g/mol. The molecule has 3 aliphatic rings. The van der Waals surface area contributed by atoms with Gasteiger partial charge in [-0.05, 0) is 19.3 Å². The number of fused-ring (bicyclic) bond motifs is 3. The Labute approximate surface area is 71.7 Å². The Balaban J connectivity index is 1.83. The maximum Gasteiger partial charge on any atom is 0.0892 e. The molecular weight excluding hydrogens is 156 g/mol. The second-order valence-corrected chi connectivity index (χ2v) is 4.07. The van der Waals surface area contributed by atoms with Gasteiger partial charge in [0, 0.05) is 12.5 Å². The van der Waals surface area contributed by atoms with E-state index in [1.807, 2.05) is 0 Å². The Morgan fingerprint density at radius 3 is 2.92 bits per heavy atom. The maximum atomic E-state index is 9.57. The van der Waals surface area contributed by atoms with Gasteiger partial charge in [-0.25, -0.2) is 0 Å². The number of hydrogen-bond acceptors (Lipinski definition) is 3. The van der Waals surface area contributed by atoms with E-state index < -0.39 is 0 Å². The first-order chi connectivity index (χ1) is 5.86. The van der Waals surface area contributed by atoms with Crippen molar-refractivity contribution in [1.29, 1.82) is 0 Å². The van der Waals surface area contributed by atoms with E-state index in [1.54, 1.807) is 0 Å². The van der Waals surface area contributed by atoms with E-state index in [-0.39, 0.29) is 18.3 Å². The highest BCUT2D eigenvalue weighted by atomic mass is 16.6. The van der Waals surface area contributed by atoms with Crippen LogP contribution in [0.25, 0.3) is 0 Å². The van der Waals surface area contributed by atoms with Crippen LogP contribution in [0.4, 0.5) is 0 Å². The molecule has 2 aliphatic heterocycles. The zero-order valence-electron chi connectivity index (χ0n) is 6.98. The topological polar surface area (TPSA) is 38.7 Å². The molecule has 3 heteroatoms. The van der Waals surface area contributed by atoms with E-state index in [2.05, 4.69) is 0 Å². The molecule has 2 saturated heterocycles. The number of aliphatic hydroxyl groups is 1. The van der Waals surface area contributed by atoms with Gasteiger partial charge in [-0.3, -0.25) is 0 Å². The van der Waals surface area contributed by atoms with Gasteiger partial charge >= 0.3 is 0 Å². The summed E-state index contributed by atoms with van der Waals surface area (Å²) in [6.07, 6.45) is 3.42. The van der Waals surface area contributed by atoms with Crippen molar-refractivity contribution >= 4 is 0 Å². The molecule has 0 aromatic heterocycles. The molecule has 0 amide bonds. The third-order valence-electron chi connectivity index (χ3n) is 3.43. The Bertz CT molecular complexity index is 192. The molecule has 0 unspecified atom stereocenters. The van der Waals surface area contributed by atoms with Gasteiger partial charge in [0.05, 0.1) is 24.4 Å². The van der Waals surface area contributed by atoms with Crippen molar-refractivity contribution in [3.05, 3.63) is 0 Å². The molecule has 12 heavy (non-hydrogen) atoms. The lowest BCUT2D eigenvalue weighted by molar-refractivity contribution is -0.0270. The molecule has 0 radical (unpaired) electrons. The molecule has 0 aromatic carbocycles. The minimum Gasteiger partial charge on any atom is -0.390 e. The van der Waals surface area contributed by atoms with Crippen LogP contribution in [-0.2, 0) is 9.47 Å². The predicted molar refractivity (Wildman–Crippen MR) is 41.7 cm³/mol. The summed E-state index contributed by atoms with van der Waals surface area (Å²) in [6.45, 7) is 0.842. The molecule has 0 spiro atoms. The van der Waals surface area contributed by atoms with E-state index in [9.17, 15) is 5.11 Å². The molecule has 1 saturated carbocycles. The van der Waals surface area contributed by atoms with Crippen molar-refractivity contribution in [2.75, 3.05) is 6.61 Å². The lowest BCUT2D eigenvalue weighted by Gasteiger charge is -2.14. The molecule has 68 valence electrons. The van der Waals surface area contributed by atoms with Gasteiger partial charge in [-0.1, -0.05) is 0 Å². The van der Waals surface area contributed by atoms with Gasteiger partial charge in [0.1, 0.15) is 0 Å². The van der Waals surface area contributed by atoms with Crippen LogP contribution in [0.5, 0.6) is 0 Å². The van der Waals surface area contributed by atoms with Crippen molar-refractivity contribution in [3.63, 3.8) is 0 Å². The van der Waals surface area contributed by atoms with E-state index in [0.29, 0.717) is 12.0 Å². The molecule has 3 rings (SSSR count). The fraction of sp³-hybridized carbons (Fsp3) is 1.00. The zero-order chi connectivity index (χ0) is 8.13. The molecule has 1 N–H and O–H groups in total. The third-order valence-corrected chi connectivity index (χ3v) is 3.43. The van der Waals surface area contributed by atoms with E-state index in [0.717, 1.165) is 25.9 Å². The van der Waals surface area contributed by atoms with Crippen LogP contribution in [0.1, 0.15) is 19.3 Å². The van der Waals surface area contributed by atoms with Crippen LogP contribution in [0.3, 0.4) is 0 Å². The summed E-state index contributed by atoms with van der Waals surface area (Å²) in [5.74, 6) is 0.479. The number of aliphatic hydroxyl groups excluding tert-OH is 1. The second kappa shape index (κ2) is 2.44. The Morgan fingerprint density at radius 1 is 1.08 bits per heavy atom. The number of rotatable bonds is 0. The summed E-state index contributed by atoms with van der Waals surface area (Å²) < 4.78 is 11.3. The lowest BCUT2D eigenvalue weighted by Crippen LogP contribution is -2.26. The van der Waals surface area contributed by atoms with Gasteiger partial charge in [0.15, 0.2) is 0 Å². The first kappa shape index (κ1) is 7.30. The number of hydrogen-bond donors (Lipinski definition) is 1. The second-order valence-electron chi connectivity index (χ2n) is 4.07. The van der Waals surface area contributed by atoms with Crippen LogP contribution in [-0.4, -0.2) is 36.1 Å². The quantitative estimate of drug-likeness (QED) is 0.568. The Kier molecular flexibility index (Phi) is 1.48. The van der Waals surface area contributed by atoms with Crippen LogP contribution >= 0.6 is 0 Å². The van der Waals surface area contributed by atoms with Crippen LogP contribution in [0.15, 0.2) is 0 Å². The summed E-state index contributed by atoms with van der Waals surface area (Å²) in [6, 6.07) is 0. The van der Waals surface area contributed by atoms with Crippen molar-refractivity contribution < 1.29 is 14.6 Å². The van der Waals surface area contributed by atoms with E-state index >= 15 is 0 Å². The van der Waals surface area contributed by atoms with Gasteiger partial charge in [0.2, 0.25) is 0 Å². The summed E-state index contributed by atoms with van der Waals surface area (Å²) in [5, 5.41) is 9.57. The van der Waals surface area contributed by atoms with E-state index in [1.165, 1.54) is 0 Å². The fourth-order valence-electron chi connectivity index (χ4n) is 2.86. The van der Waals surface area contributed by atoms with Crippen molar-refractivity contribution in [1.82, 2.24) is 0 Å². The molecule has 0 aromatic rings. The summed E-state index contributed by atoms with van der Waals surface area (Å²) in [4.78, 5) is 0. The highest BCUT2D eigenvalue weighted by Crippen LogP contribution is 2.44. The van der Waals surface area contributed by atoms with Crippen LogP contribution in [0, 0.1) is 5.92 Å². The zero-order valence-corrected chi connectivity index (χ0v) is 6.98. The highest BCUT2D eigenvalue weighted by molar-refractivity contribution is 5.01. The first-order valence-corrected chi connectivity index (χ1v) is 4.81. The average Bonchev–Trinajstić information content (AvgIpc) is 2.63. The van der Waals surface area contributed by atoms with Gasteiger partial charge in [-0.2, -0.15) is 0 Å². The van der Waals surface area contributed by atoms with Crippen molar-refractivity contribution in [2.24, 2.45) is 5.92 Å². The largest absolute Gasteiger partial charge is 0.390 e. The predicted octanol–water partition coefficient (Wildman–Crippen LogP) is 0.314. The van der Waals surface area contributed by atoms with Gasteiger partial charge in [-0.15, -0.1) is 0 Å². The normalized spacial score (nSPS) is 57.2. The molecule has 3 nitrogen and oxygen atoms in total. The molecule has 5 atom stereocenters. The SMILES string of the molecule is O[C@@H]1CC[C@@H]2[C@@H]1O[C@H]1CCO[C@@H]21. The monoisotopic (exact) mass is 170 g/mol. The lowest BCUT2D eigenvalue weighted by atomic mass is 9.98. The molecule has 3 fully saturated rings. The smallest absolute Gasteiger partial charge is 0.0892 e. The van der Waals surface area contributed by atoms with Crippen LogP contribution < -0.4 is 0 Å². The summed E-state index contributed by atoms with van der Waals surface area (Å²) >= 11 is 0. The van der Waals surface area contributed by atoms with Crippen LogP contribution in [0.2, 0.25) is 0 Å². The molecule has 2 heterocycles. The standard InChI is InChI=1S/C9H14O3/c10-6-2-1-5-8(6)12-7-3-4-11-9(5)7/h5-10H,1-4H2/t5-,6-,7+,8+,9+/m1/s1. The third kappa shape index (κ3) is 0.817. The Hall–Kier alpha value is -0.120. The molecule has 0 bridgehead atoms. The fourth-order valence-corrected chi connectivity index (χ4v) is 2.86. The van der Waals surface area contributed by atoms with Crippen molar-refractivity contribution in [3.8, 4) is 0 Å². The summed E-state index contributed by atoms with van der Waals surface area (Å²) in [7, 11) is 0. The minimum absolute atomic E-state index is 0.0836. The maximum absolute atomic E-state index is 9.57. The Morgan fingerprint density at radius 2 is 2.00 bits per heavy atom. The first-order valence-electron chi connectivity index (χ1n) is 4.81. The summed E-state index contributed by atoms with van der Waals surface area (Å²) in [5.41, 5.74) is 0.